The average Bonchev–Trinajstić information content (AvgIpc) is 2.71. The van der Waals surface area contributed by atoms with Gasteiger partial charge in [-0.25, -0.2) is 0 Å². The zero-order valence-corrected chi connectivity index (χ0v) is 8.85. The van der Waals surface area contributed by atoms with E-state index in [2.05, 4.69) is 23.4 Å². The second-order valence-corrected chi connectivity index (χ2v) is 3.49. The molecule has 0 fully saturated rings. The normalized spacial score (nSPS) is 10.2. The molecule has 15 heavy (non-hydrogen) atoms. The molecule has 0 unspecified atom stereocenters. The van der Waals surface area contributed by atoms with Crippen LogP contribution in [0.4, 0.5) is 5.69 Å². The van der Waals surface area contributed by atoms with Crippen molar-refractivity contribution in [1.82, 2.24) is 9.66 Å². The average molecular weight is 201 g/mol. The fraction of sp³-hybridized carbons (Fsp3) is 0.250. The maximum atomic E-state index is 4.31. The molecular weight excluding hydrogens is 186 g/mol. The second kappa shape index (κ2) is 4.64. The molecule has 78 valence electrons. The maximum Gasteiger partial charge on any atom is 0.0579 e. The lowest BCUT2D eigenvalue weighted by Crippen LogP contribution is -2.06. The quantitative estimate of drug-likeness (QED) is 0.824. The van der Waals surface area contributed by atoms with E-state index in [1.54, 1.807) is 0 Å². The minimum atomic E-state index is 1.03. The summed E-state index contributed by atoms with van der Waals surface area (Å²) in [5.41, 5.74) is 5.47. The number of aryl methyl sites for hydroxylation is 1. The van der Waals surface area contributed by atoms with E-state index in [9.17, 15) is 0 Å². The summed E-state index contributed by atoms with van der Waals surface area (Å²) in [6.07, 6.45) is 7.94. The van der Waals surface area contributed by atoms with Gasteiger partial charge in [-0.3, -0.25) is 15.1 Å². The van der Waals surface area contributed by atoms with Crippen LogP contribution in [0.2, 0.25) is 0 Å². The van der Waals surface area contributed by atoms with Crippen LogP contribution in [0, 0.1) is 0 Å². The molecule has 0 saturated heterocycles. The lowest BCUT2D eigenvalue weighted by atomic mass is 10.2. The molecule has 0 aliphatic rings. The van der Waals surface area contributed by atoms with Crippen LogP contribution in [0.15, 0.2) is 42.9 Å². The van der Waals surface area contributed by atoms with Gasteiger partial charge in [-0.2, -0.15) is 0 Å². The number of hydrogen-bond donors (Lipinski definition) is 1. The Hall–Kier alpha value is -1.77. The molecule has 2 heterocycles. The molecule has 2 rings (SSSR count). The molecule has 0 aromatic carbocycles. The third-order valence-electron chi connectivity index (χ3n) is 2.19. The minimum Gasteiger partial charge on any atom is -0.295 e. The van der Waals surface area contributed by atoms with Crippen molar-refractivity contribution in [3.63, 3.8) is 0 Å². The summed E-state index contributed by atoms with van der Waals surface area (Å²) < 4.78 is 1.92. The lowest BCUT2D eigenvalue weighted by molar-refractivity contribution is 0.879. The van der Waals surface area contributed by atoms with Gasteiger partial charge in [-0.05, 0) is 30.7 Å². The van der Waals surface area contributed by atoms with Crippen molar-refractivity contribution in [3.8, 4) is 0 Å². The van der Waals surface area contributed by atoms with E-state index in [-0.39, 0.29) is 0 Å². The van der Waals surface area contributed by atoms with Gasteiger partial charge >= 0.3 is 0 Å². The zero-order chi connectivity index (χ0) is 10.5. The zero-order valence-electron chi connectivity index (χ0n) is 8.85. The summed E-state index contributed by atoms with van der Waals surface area (Å²) in [4.78, 5) is 4.31. The Kier molecular flexibility index (Phi) is 3.02. The van der Waals surface area contributed by atoms with E-state index in [4.69, 9.17) is 0 Å². The molecule has 2 aromatic rings. The van der Waals surface area contributed by atoms with Gasteiger partial charge in [-0.15, -0.1) is 0 Å². The number of hydrogen-bond acceptors (Lipinski definition) is 2. The highest BCUT2D eigenvalue weighted by Crippen LogP contribution is 2.09. The van der Waals surface area contributed by atoms with Crippen LogP contribution in [0.25, 0.3) is 0 Å². The van der Waals surface area contributed by atoms with Crippen molar-refractivity contribution in [3.05, 3.63) is 48.5 Å². The highest BCUT2D eigenvalue weighted by atomic mass is 15.4. The summed E-state index contributed by atoms with van der Waals surface area (Å²) in [5.74, 6) is 0. The van der Waals surface area contributed by atoms with Crippen molar-refractivity contribution in [2.24, 2.45) is 0 Å². The first-order chi connectivity index (χ1) is 7.38. The van der Waals surface area contributed by atoms with E-state index < -0.39 is 0 Å². The Morgan fingerprint density at radius 3 is 2.87 bits per heavy atom. The molecular formula is C12H15N3. The minimum absolute atomic E-state index is 1.03. The Morgan fingerprint density at radius 2 is 2.13 bits per heavy atom. The summed E-state index contributed by atoms with van der Waals surface area (Å²) >= 11 is 0. The number of nitrogens with one attached hydrogen (secondary N) is 1. The van der Waals surface area contributed by atoms with Crippen LogP contribution >= 0.6 is 0 Å². The van der Waals surface area contributed by atoms with Crippen LogP contribution in [0.5, 0.6) is 0 Å². The maximum absolute atomic E-state index is 4.31. The van der Waals surface area contributed by atoms with Crippen molar-refractivity contribution in [2.45, 2.75) is 19.8 Å². The highest BCUT2D eigenvalue weighted by molar-refractivity contribution is 5.42. The van der Waals surface area contributed by atoms with E-state index >= 15 is 0 Å². The standard InChI is InChI=1S/C12H15N3/c1-2-5-11-10-12(6-7-13-11)14-15-8-3-4-9-15/h3-4,6-10H,2,5H2,1H3,(H,13,14). The molecule has 0 amide bonds. The molecule has 2 aromatic heterocycles. The van der Waals surface area contributed by atoms with Gasteiger partial charge in [0.05, 0.1) is 5.69 Å². The molecule has 0 radical (unpaired) electrons. The van der Waals surface area contributed by atoms with Gasteiger partial charge in [0.25, 0.3) is 0 Å². The molecule has 0 aliphatic carbocycles. The molecule has 3 nitrogen and oxygen atoms in total. The van der Waals surface area contributed by atoms with Crippen molar-refractivity contribution in [2.75, 3.05) is 5.43 Å². The Balaban J connectivity index is 2.11. The van der Waals surface area contributed by atoms with E-state index in [1.807, 2.05) is 41.5 Å². The summed E-state index contributed by atoms with van der Waals surface area (Å²) in [5, 5.41) is 0. The predicted octanol–water partition coefficient (Wildman–Crippen LogP) is 2.71. The second-order valence-electron chi connectivity index (χ2n) is 3.49. The first-order valence-corrected chi connectivity index (χ1v) is 5.23. The molecule has 0 bridgehead atoms. The van der Waals surface area contributed by atoms with Crippen LogP contribution in [0.3, 0.4) is 0 Å². The third kappa shape index (κ3) is 2.59. The van der Waals surface area contributed by atoms with Crippen molar-refractivity contribution in [1.29, 1.82) is 0 Å². The molecule has 3 heteroatoms. The Bertz CT molecular complexity index is 407. The van der Waals surface area contributed by atoms with Gasteiger partial charge in [0.2, 0.25) is 0 Å². The number of nitrogens with zero attached hydrogens (tertiary/aromatic N) is 2. The number of pyridine rings is 1. The summed E-state index contributed by atoms with van der Waals surface area (Å²) in [6, 6.07) is 8.03. The summed E-state index contributed by atoms with van der Waals surface area (Å²) in [6.45, 7) is 2.16. The molecule has 1 N–H and O–H groups in total. The first kappa shape index (κ1) is 9.77. The predicted molar refractivity (Wildman–Crippen MR) is 61.7 cm³/mol. The van der Waals surface area contributed by atoms with Crippen LogP contribution in [0.1, 0.15) is 19.0 Å². The van der Waals surface area contributed by atoms with Crippen molar-refractivity contribution >= 4 is 5.69 Å². The number of aromatic nitrogens is 2. The van der Waals surface area contributed by atoms with Crippen LogP contribution < -0.4 is 5.43 Å². The monoisotopic (exact) mass is 201 g/mol. The fourth-order valence-corrected chi connectivity index (χ4v) is 1.50. The molecule has 0 saturated carbocycles. The van der Waals surface area contributed by atoms with Gasteiger partial charge < -0.3 is 0 Å². The molecule has 0 spiro atoms. The van der Waals surface area contributed by atoms with E-state index in [1.165, 1.54) is 0 Å². The van der Waals surface area contributed by atoms with Crippen LogP contribution in [-0.4, -0.2) is 9.66 Å². The number of rotatable bonds is 4. The van der Waals surface area contributed by atoms with Gasteiger partial charge in [0.15, 0.2) is 0 Å². The van der Waals surface area contributed by atoms with Crippen LogP contribution in [-0.2, 0) is 6.42 Å². The topological polar surface area (TPSA) is 29.9 Å². The Labute approximate surface area is 89.7 Å². The van der Waals surface area contributed by atoms with Gasteiger partial charge in [-0.1, -0.05) is 13.3 Å². The smallest absolute Gasteiger partial charge is 0.0579 e. The van der Waals surface area contributed by atoms with E-state index in [0.29, 0.717) is 0 Å². The fourth-order valence-electron chi connectivity index (χ4n) is 1.50. The molecule has 0 atom stereocenters. The van der Waals surface area contributed by atoms with Gasteiger partial charge in [0.1, 0.15) is 0 Å². The third-order valence-corrected chi connectivity index (χ3v) is 2.19. The largest absolute Gasteiger partial charge is 0.295 e. The highest BCUT2D eigenvalue weighted by Gasteiger charge is 1.96. The lowest BCUT2D eigenvalue weighted by Gasteiger charge is -2.08. The molecule has 0 aliphatic heterocycles. The van der Waals surface area contributed by atoms with Crippen molar-refractivity contribution < 1.29 is 0 Å². The van der Waals surface area contributed by atoms with Gasteiger partial charge in [0, 0.05) is 24.3 Å². The van der Waals surface area contributed by atoms with E-state index in [0.717, 1.165) is 24.2 Å². The SMILES string of the molecule is CCCc1cc(Nn2cccc2)ccn1. The summed E-state index contributed by atoms with van der Waals surface area (Å²) in [7, 11) is 0. The first-order valence-electron chi connectivity index (χ1n) is 5.23. The Morgan fingerprint density at radius 1 is 1.33 bits per heavy atom. The number of anilines is 1.